The van der Waals surface area contributed by atoms with Crippen LogP contribution in [0.25, 0.3) is 0 Å². The van der Waals surface area contributed by atoms with Gasteiger partial charge in [0.1, 0.15) is 0 Å². The second-order valence-electron chi connectivity index (χ2n) is 4.26. The van der Waals surface area contributed by atoms with Crippen LogP contribution in [0.15, 0.2) is 12.1 Å². The van der Waals surface area contributed by atoms with E-state index >= 15 is 0 Å². The van der Waals surface area contributed by atoms with Crippen molar-refractivity contribution in [2.45, 2.75) is 19.0 Å². The van der Waals surface area contributed by atoms with Crippen LogP contribution in [-0.4, -0.2) is 32.9 Å². The predicted molar refractivity (Wildman–Crippen MR) is 68.0 cm³/mol. The number of rotatable bonds is 6. The van der Waals surface area contributed by atoms with Gasteiger partial charge >= 0.3 is 0 Å². The van der Waals surface area contributed by atoms with Crippen LogP contribution in [0.1, 0.15) is 24.2 Å². The molecule has 4 nitrogen and oxygen atoms in total. The topological polar surface area (TPSA) is 50.7 Å². The molecule has 0 saturated heterocycles. The Kier molecular flexibility index (Phi) is 5.08. The lowest BCUT2D eigenvalue weighted by atomic mass is 9.97. The zero-order chi connectivity index (χ0) is 14.6. The number of benzene rings is 1. The molecule has 0 aliphatic carbocycles. The van der Waals surface area contributed by atoms with Gasteiger partial charge in [0, 0.05) is 19.0 Å². The summed E-state index contributed by atoms with van der Waals surface area (Å²) < 4.78 is 37.4. The number of ether oxygens (including phenoxy) is 2. The minimum atomic E-state index is -3.08. The summed E-state index contributed by atoms with van der Waals surface area (Å²) in [5.41, 5.74) is -0.146. The number of hydrogen-bond acceptors (Lipinski definition) is 4. The molecule has 0 saturated carbocycles. The Balaban J connectivity index is 3.40. The molecule has 0 heterocycles. The van der Waals surface area contributed by atoms with E-state index < -0.39 is 12.0 Å². The summed E-state index contributed by atoms with van der Waals surface area (Å²) in [6.45, 7) is 0.947. The van der Waals surface area contributed by atoms with Gasteiger partial charge in [0.15, 0.2) is 11.5 Å². The molecule has 2 N–H and O–H groups in total. The van der Waals surface area contributed by atoms with Gasteiger partial charge in [0.05, 0.1) is 20.3 Å². The minimum Gasteiger partial charge on any atom is -0.493 e. The summed E-state index contributed by atoms with van der Waals surface area (Å²) in [5.74, 6) is -2.57. The predicted octanol–water partition coefficient (Wildman–Crippen LogP) is 2.07. The molecule has 0 aliphatic heterocycles. The lowest BCUT2D eigenvalue weighted by Gasteiger charge is -2.22. The summed E-state index contributed by atoms with van der Waals surface area (Å²) >= 11 is 0. The summed E-state index contributed by atoms with van der Waals surface area (Å²) in [7, 11) is 4.42. The minimum absolute atomic E-state index is 0.125. The summed E-state index contributed by atoms with van der Waals surface area (Å²) in [5, 5.41) is 12.7. The van der Waals surface area contributed by atoms with E-state index in [1.807, 2.05) is 0 Å². The number of aliphatic hydroxyl groups is 1. The van der Waals surface area contributed by atoms with E-state index in [0.717, 1.165) is 6.92 Å². The van der Waals surface area contributed by atoms with E-state index in [1.165, 1.54) is 26.4 Å². The number of halogens is 2. The molecule has 0 bridgehead atoms. The van der Waals surface area contributed by atoms with Crippen molar-refractivity contribution in [2.24, 2.45) is 0 Å². The molecule has 0 amide bonds. The van der Waals surface area contributed by atoms with Gasteiger partial charge in [-0.3, -0.25) is 0 Å². The molecule has 108 valence electrons. The normalized spacial score (nSPS) is 13.2. The van der Waals surface area contributed by atoms with Gasteiger partial charge in [0.2, 0.25) is 0 Å². The van der Waals surface area contributed by atoms with Gasteiger partial charge in [-0.15, -0.1) is 0 Å². The van der Waals surface area contributed by atoms with Crippen molar-refractivity contribution in [3.63, 3.8) is 0 Å². The molecule has 1 atom stereocenters. The van der Waals surface area contributed by atoms with Crippen LogP contribution >= 0.6 is 0 Å². The number of aliphatic hydroxyl groups excluding tert-OH is 1. The van der Waals surface area contributed by atoms with E-state index in [4.69, 9.17) is 9.47 Å². The first-order valence-electron chi connectivity index (χ1n) is 5.82. The fourth-order valence-electron chi connectivity index (χ4n) is 1.85. The average molecular weight is 275 g/mol. The van der Waals surface area contributed by atoms with Crippen molar-refractivity contribution >= 4 is 0 Å². The van der Waals surface area contributed by atoms with Gasteiger partial charge in [-0.1, -0.05) is 0 Å². The van der Waals surface area contributed by atoms with Crippen LogP contribution in [0.3, 0.4) is 0 Å². The van der Waals surface area contributed by atoms with E-state index in [2.05, 4.69) is 5.32 Å². The first-order valence-corrected chi connectivity index (χ1v) is 5.82. The van der Waals surface area contributed by atoms with Crippen molar-refractivity contribution < 1.29 is 23.4 Å². The van der Waals surface area contributed by atoms with Crippen LogP contribution in [0, 0.1) is 0 Å². The molecule has 0 fully saturated rings. The fourth-order valence-corrected chi connectivity index (χ4v) is 1.85. The summed E-state index contributed by atoms with van der Waals surface area (Å²) in [4.78, 5) is 0. The largest absolute Gasteiger partial charge is 0.493 e. The maximum Gasteiger partial charge on any atom is 0.271 e. The van der Waals surface area contributed by atoms with E-state index in [-0.39, 0.29) is 23.4 Å². The maximum absolute atomic E-state index is 13.6. The van der Waals surface area contributed by atoms with E-state index in [9.17, 15) is 13.9 Å². The second kappa shape index (κ2) is 6.16. The molecular formula is C13H19F2NO3. The lowest BCUT2D eigenvalue weighted by Crippen LogP contribution is -2.21. The van der Waals surface area contributed by atoms with Crippen molar-refractivity contribution in [3.05, 3.63) is 23.3 Å². The summed E-state index contributed by atoms with van der Waals surface area (Å²) in [6, 6.07) is 2.58. The van der Waals surface area contributed by atoms with Crippen molar-refractivity contribution in [3.8, 4) is 11.5 Å². The molecule has 6 heteroatoms. The highest BCUT2D eigenvalue weighted by molar-refractivity contribution is 5.49. The zero-order valence-corrected chi connectivity index (χ0v) is 11.5. The molecule has 19 heavy (non-hydrogen) atoms. The average Bonchev–Trinajstić information content (AvgIpc) is 2.36. The highest BCUT2D eigenvalue weighted by Gasteiger charge is 2.31. The maximum atomic E-state index is 13.6. The molecule has 1 rings (SSSR count). The number of hydrogen-bond donors (Lipinski definition) is 2. The fraction of sp³-hybridized carbons (Fsp3) is 0.538. The Morgan fingerprint density at radius 2 is 1.79 bits per heavy atom. The van der Waals surface area contributed by atoms with Crippen LogP contribution in [0.2, 0.25) is 0 Å². The standard InChI is InChI=1S/C13H19F2NO3/c1-13(14,15)9-6-12(19-4)11(18-3)5-8(9)10(17)7-16-2/h5-6,10,16-17H,7H2,1-4H3. The molecule has 0 spiro atoms. The molecule has 0 aliphatic rings. The smallest absolute Gasteiger partial charge is 0.271 e. The molecule has 0 aromatic heterocycles. The van der Waals surface area contributed by atoms with Crippen LogP contribution in [0.4, 0.5) is 8.78 Å². The number of methoxy groups -OCH3 is 2. The quantitative estimate of drug-likeness (QED) is 0.834. The zero-order valence-electron chi connectivity index (χ0n) is 11.5. The Labute approximate surface area is 111 Å². The Bertz CT molecular complexity index is 433. The van der Waals surface area contributed by atoms with E-state index in [0.29, 0.717) is 5.75 Å². The monoisotopic (exact) mass is 275 g/mol. The molecule has 1 aromatic rings. The van der Waals surface area contributed by atoms with Crippen LogP contribution in [0.5, 0.6) is 11.5 Å². The first-order chi connectivity index (χ1) is 8.85. The van der Waals surface area contributed by atoms with Crippen molar-refractivity contribution in [1.82, 2.24) is 5.32 Å². The Morgan fingerprint density at radius 3 is 2.21 bits per heavy atom. The van der Waals surface area contributed by atoms with E-state index in [1.54, 1.807) is 7.05 Å². The third-order valence-corrected chi connectivity index (χ3v) is 2.79. The van der Waals surface area contributed by atoms with Crippen LogP contribution in [-0.2, 0) is 5.92 Å². The van der Waals surface area contributed by atoms with Gasteiger partial charge in [0.25, 0.3) is 5.92 Å². The van der Waals surface area contributed by atoms with Gasteiger partial charge in [-0.05, 0) is 24.7 Å². The number of alkyl halides is 2. The van der Waals surface area contributed by atoms with Gasteiger partial charge in [-0.25, -0.2) is 8.78 Å². The number of likely N-dealkylation sites (N-methyl/N-ethyl adjacent to an activating group) is 1. The number of nitrogens with one attached hydrogen (secondary N) is 1. The van der Waals surface area contributed by atoms with Crippen molar-refractivity contribution in [2.75, 3.05) is 27.8 Å². The molecular weight excluding hydrogens is 256 g/mol. The molecule has 0 radical (unpaired) electrons. The summed E-state index contributed by atoms with van der Waals surface area (Å²) in [6.07, 6.45) is -1.05. The Hall–Kier alpha value is -1.40. The van der Waals surface area contributed by atoms with Gasteiger partial charge in [-0.2, -0.15) is 0 Å². The third kappa shape index (κ3) is 3.54. The highest BCUT2D eigenvalue weighted by atomic mass is 19.3. The lowest BCUT2D eigenvalue weighted by molar-refractivity contribution is 0.0134. The second-order valence-corrected chi connectivity index (χ2v) is 4.26. The first kappa shape index (κ1) is 15.7. The van der Waals surface area contributed by atoms with Gasteiger partial charge < -0.3 is 19.9 Å². The third-order valence-electron chi connectivity index (χ3n) is 2.79. The van der Waals surface area contributed by atoms with Crippen LogP contribution < -0.4 is 14.8 Å². The highest BCUT2D eigenvalue weighted by Crippen LogP contribution is 2.40. The van der Waals surface area contributed by atoms with Crippen molar-refractivity contribution in [1.29, 1.82) is 0 Å². The molecule has 1 aromatic carbocycles. The molecule has 1 unspecified atom stereocenters. The SMILES string of the molecule is CNCC(O)c1cc(OC)c(OC)cc1C(C)(F)F. The Morgan fingerprint density at radius 1 is 1.26 bits per heavy atom.